The van der Waals surface area contributed by atoms with Crippen molar-refractivity contribution in [3.8, 4) is 11.5 Å². The molecule has 64 valence electrons. The fourth-order valence-corrected chi connectivity index (χ4v) is 0.746. The molecular formula is C8H8O4. The Morgan fingerprint density at radius 3 is 2.83 bits per heavy atom. The molecule has 4 nitrogen and oxygen atoms in total. The van der Waals surface area contributed by atoms with Crippen molar-refractivity contribution in [2.24, 2.45) is 0 Å². The van der Waals surface area contributed by atoms with Gasteiger partial charge in [-0.2, -0.15) is 0 Å². The Morgan fingerprint density at radius 2 is 2.33 bits per heavy atom. The lowest BCUT2D eigenvalue weighted by Gasteiger charge is -2.02. The lowest BCUT2D eigenvalue weighted by atomic mass is 10.2. The molecule has 0 unspecified atom stereocenters. The van der Waals surface area contributed by atoms with E-state index in [4.69, 9.17) is 11.6 Å². The summed E-state index contributed by atoms with van der Waals surface area (Å²) in [5.41, 5.74) is -0.199. The number of phenolic OH excluding ortho intramolecular Hbond substituents is 1. The van der Waals surface area contributed by atoms with E-state index in [2.05, 4.69) is 4.74 Å². The zero-order valence-corrected chi connectivity index (χ0v) is 6.37. The SMILES string of the molecule is [2H]c1c(C(=O)O)ccc(O)c1OC. The van der Waals surface area contributed by atoms with E-state index in [0.29, 0.717) is 0 Å². The highest BCUT2D eigenvalue weighted by molar-refractivity contribution is 5.88. The second kappa shape index (κ2) is 3.13. The standard InChI is InChI=1S/C8H8O4/c1-12-7-4-5(8(10)11)2-3-6(7)9/h2-4,9H,1H3,(H,10,11)/i4D. The lowest BCUT2D eigenvalue weighted by Crippen LogP contribution is -1.96. The number of ether oxygens (including phenoxy) is 1. The normalized spacial score (nSPS) is 10.6. The molecule has 0 spiro atoms. The van der Waals surface area contributed by atoms with Crippen LogP contribution in [0.3, 0.4) is 0 Å². The zero-order valence-electron chi connectivity index (χ0n) is 7.37. The number of hydrogen-bond acceptors (Lipinski definition) is 3. The van der Waals surface area contributed by atoms with Gasteiger partial charge in [0.15, 0.2) is 11.5 Å². The van der Waals surface area contributed by atoms with Gasteiger partial charge in [-0.1, -0.05) is 0 Å². The molecule has 1 rings (SSSR count). The Bertz CT molecular complexity index is 348. The summed E-state index contributed by atoms with van der Waals surface area (Å²) < 4.78 is 12.0. The molecule has 2 N–H and O–H groups in total. The summed E-state index contributed by atoms with van der Waals surface area (Å²) in [7, 11) is 1.26. The number of carbonyl (C=O) groups is 1. The molecule has 0 radical (unpaired) electrons. The number of aromatic hydroxyl groups is 1. The van der Waals surface area contributed by atoms with Gasteiger partial charge in [-0.15, -0.1) is 0 Å². The molecule has 4 heteroatoms. The van der Waals surface area contributed by atoms with Crippen LogP contribution in [0.4, 0.5) is 0 Å². The average Bonchev–Trinajstić information content (AvgIpc) is 2.04. The van der Waals surface area contributed by atoms with E-state index < -0.39 is 5.97 Å². The molecule has 0 heterocycles. The predicted octanol–water partition coefficient (Wildman–Crippen LogP) is 1.10. The minimum Gasteiger partial charge on any atom is -0.504 e. The van der Waals surface area contributed by atoms with Crippen LogP contribution >= 0.6 is 0 Å². The van der Waals surface area contributed by atoms with Crippen LogP contribution in [0.5, 0.6) is 11.5 Å². The summed E-state index contributed by atoms with van der Waals surface area (Å²) in [6.45, 7) is 0. The smallest absolute Gasteiger partial charge is 0.335 e. The minimum absolute atomic E-state index is 0.125. The average molecular weight is 169 g/mol. The number of hydrogen-bond donors (Lipinski definition) is 2. The first-order valence-electron chi connectivity index (χ1n) is 3.67. The molecule has 0 aliphatic carbocycles. The van der Waals surface area contributed by atoms with Crippen molar-refractivity contribution in [1.29, 1.82) is 0 Å². The fraction of sp³-hybridized carbons (Fsp3) is 0.125. The number of carboxylic acid groups (broad SMARTS) is 1. The maximum absolute atomic E-state index is 10.5. The highest BCUT2D eigenvalue weighted by Crippen LogP contribution is 2.25. The molecule has 0 amide bonds. The number of aromatic carboxylic acids is 1. The Labute approximate surface area is 70.4 Å². The van der Waals surface area contributed by atoms with Crippen LogP contribution in [0.1, 0.15) is 11.7 Å². The van der Waals surface area contributed by atoms with E-state index in [1.54, 1.807) is 0 Å². The molecule has 0 saturated carbocycles. The number of methoxy groups -OCH3 is 1. The first-order chi connectivity index (χ1) is 6.07. The van der Waals surface area contributed by atoms with Crippen LogP contribution in [0.25, 0.3) is 0 Å². The van der Waals surface area contributed by atoms with Crippen LogP contribution in [0, 0.1) is 0 Å². The van der Waals surface area contributed by atoms with Crippen molar-refractivity contribution < 1.29 is 21.1 Å². The third-order valence-electron chi connectivity index (χ3n) is 1.32. The van der Waals surface area contributed by atoms with Gasteiger partial charge in [-0.05, 0) is 18.2 Å². The Hall–Kier alpha value is -1.71. The van der Waals surface area contributed by atoms with Crippen molar-refractivity contribution in [3.63, 3.8) is 0 Å². The summed E-state index contributed by atoms with van der Waals surface area (Å²) in [5, 5.41) is 17.8. The third kappa shape index (κ3) is 1.47. The topological polar surface area (TPSA) is 66.8 Å². The first kappa shape index (κ1) is 6.97. The third-order valence-corrected chi connectivity index (χ3v) is 1.32. The molecule has 1 aromatic carbocycles. The van der Waals surface area contributed by atoms with Crippen molar-refractivity contribution in [2.45, 2.75) is 0 Å². The highest BCUT2D eigenvalue weighted by atomic mass is 16.5. The molecule has 1 aromatic rings. The molecule has 0 fully saturated rings. The van der Waals surface area contributed by atoms with E-state index in [-0.39, 0.29) is 23.1 Å². The Balaban J connectivity index is 3.35. The van der Waals surface area contributed by atoms with Gasteiger partial charge in [-0.3, -0.25) is 0 Å². The zero-order chi connectivity index (χ0) is 10.0. The molecule has 0 aromatic heterocycles. The Morgan fingerprint density at radius 1 is 1.67 bits per heavy atom. The van der Waals surface area contributed by atoms with Crippen LogP contribution in [-0.2, 0) is 0 Å². The lowest BCUT2D eigenvalue weighted by molar-refractivity contribution is 0.0696. The van der Waals surface area contributed by atoms with Crippen molar-refractivity contribution in [1.82, 2.24) is 0 Å². The number of phenols is 1. The van der Waals surface area contributed by atoms with Gasteiger partial charge in [0.05, 0.1) is 14.0 Å². The summed E-state index contributed by atoms with van der Waals surface area (Å²) in [6, 6.07) is 2.01. The molecule has 0 aliphatic heterocycles. The van der Waals surface area contributed by atoms with Gasteiger partial charge in [0.1, 0.15) is 0 Å². The monoisotopic (exact) mass is 169 g/mol. The number of rotatable bonds is 2. The molecule has 0 saturated heterocycles. The van der Waals surface area contributed by atoms with E-state index in [1.165, 1.54) is 13.2 Å². The van der Waals surface area contributed by atoms with E-state index in [9.17, 15) is 4.79 Å². The quantitative estimate of drug-likeness (QED) is 0.695. The summed E-state index contributed by atoms with van der Waals surface area (Å²) in [5.74, 6) is -1.58. The highest BCUT2D eigenvalue weighted by Gasteiger charge is 2.06. The van der Waals surface area contributed by atoms with E-state index in [0.717, 1.165) is 6.07 Å². The second-order valence-corrected chi connectivity index (χ2v) is 2.10. The van der Waals surface area contributed by atoms with Crippen LogP contribution in [-0.4, -0.2) is 23.3 Å². The van der Waals surface area contributed by atoms with Gasteiger partial charge in [0.25, 0.3) is 0 Å². The largest absolute Gasteiger partial charge is 0.504 e. The number of carboxylic acids is 1. The summed E-state index contributed by atoms with van der Waals surface area (Å²) in [6.07, 6.45) is 0. The first-order valence-corrected chi connectivity index (χ1v) is 3.17. The van der Waals surface area contributed by atoms with Gasteiger partial charge in [0, 0.05) is 0 Å². The van der Waals surface area contributed by atoms with E-state index >= 15 is 0 Å². The molecule has 12 heavy (non-hydrogen) atoms. The van der Waals surface area contributed by atoms with Gasteiger partial charge in [-0.25, -0.2) is 4.79 Å². The summed E-state index contributed by atoms with van der Waals surface area (Å²) >= 11 is 0. The summed E-state index contributed by atoms with van der Waals surface area (Å²) in [4.78, 5) is 10.5. The van der Waals surface area contributed by atoms with Gasteiger partial charge >= 0.3 is 5.97 Å². The van der Waals surface area contributed by atoms with Gasteiger partial charge < -0.3 is 14.9 Å². The van der Waals surface area contributed by atoms with E-state index in [1.807, 2.05) is 0 Å². The maximum Gasteiger partial charge on any atom is 0.335 e. The Kier molecular flexibility index (Phi) is 1.82. The van der Waals surface area contributed by atoms with Crippen LogP contribution in [0.2, 0.25) is 0 Å². The number of benzene rings is 1. The molecule has 0 atom stereocenters. The van der Waals surface area contributed by atoms with Crippen LogP contribution < -0.4 is 4.74 Å². The van der Waals surface area contributed by atoms with Crippen molar-refractivity contribution >= 4 is 5.97 Å². The van der Waals surface area contributed by atoms with Crippen molar-refractivity contribution in [2.75, 3.05) is 7.11 Å². The minimum atomic E-state index is -1.22. The predicted molar refractivity (Wildman–Crippen MR) is 41.6 cm³/mol. The van der Waals surface area contributed by atoms with Crippen LogP contribution in [0.15, 0.2) is 18.2 Å². The molecular weight excluding hydrogens is 160 g/mol. The fourth-order valence-electron chi connectivity index (χ4n) is 0.746. The van der Waals surface area contributed by atoms with Crippen molar-refractivity contribution in [3.05, 3.63) is 23.7 Å². The molecule has 0 aliphatic rings. The van der Waals surface area contributed by atoms with Gasteiger partial charge in [0.2, 0.25) is 0 Å². The second-order valence-electron chi connectivity index (χ2n) is 2.10. The maximum atomic E-state index is 10.5. The molecule has 0 bridgehead atoms.